The Balaban J connectivity index is 3.86. The molecule has 0 bridgehead atoms. The van der Waals surface area contributed by atoms with Gasteiger partial charge in [-0.25, -0.2) is 4.57 Å². The van der Waals surface area contributed by atoms with Crippen molar-refractivity contribution in [1.82, 2.24) is 0 Å². The summed E-state index contributed by atoms with van der Waals surface area (Å²) >= 11 is 0. The van der Waals surface area contributed by atoms with Crippen LogP contribution in [0, 0.1) is 0 Å². The number of rotatable bonds is 25. The first-order valence-corrected chi connectivity index (χ1v) is 14.6. The number of carboxylic acids is 1. The van der Waals surface area contributed by atoms with E-state index >= 15 is 0 Å². The number of carboxylic acid groups (broad SMARTS) is 1. The maximum atomic E-state index is 12.0. The van der Waals surface area contributed by atoms with E-state index in [1.165, 1.54) is 52.1 Å². The van der Waals surface area contributed by atoms with Crippen molar-refractivity contribution >= 4 is 19.8 Å². The van der Waals surface area contributed by atoms with E-state index in [0.717, 1.165) is 32.1 Å². The van der Waals surface area contributed by atoms with E-state index in [2.05, 4.69) is 23.6 Å². The Hall–Kier alpha value is -1.29. The monoisotopic (exact) mass is 537 g/mol. The number of allylic oxidation sites excluding steroid dienone is 2. The molecule has 36 heavy (non-hydrogen) atoms. The summed E-state index contributed by atoms with van der Waals surface area (Å²) < 4.78 is 31.5. The molecule has 0 saturated carbocycles. The zero-order chi connectivity index (χ0) is 27.1. The highest BCUT2D eigenvalue weighted by molar-refractivity contribution is 7.47. The van der Waals surface area contributed by atoms with Crippen LogP contribution >= 0.6 is 7.82 Å². The Labute approximate surface area is 216 Å². The number of esters is 1. The molecule has 0 rings (SSSR count). The number of hydrogen-bond donors (Lipinski definition) is 3. The number of carbonyl (C=O) groups is 2. The largest absolute Gasteiger partial charge is 0.480 e. The summed E-state index contributed by atoms with van der Waals surface area (Å²) in [6.07, 6.45) is 18.9. The van der Waals surface area contributed by atoms with Gasteiger partial charge in [0.2, 0.25) is 0 Å². The van der Waals surface area contributed by atoms with Crippen LogP contribution in [0.5, 0.6) is 0 Å². The van der Waals surface area contributed by atoms with E-state index in [0.29, 0.717) is 6.42 Å². The second-order valence-corrected chi connectivity index (χ2v) is 10.3. The lowest BCUT2D eigenvalue weighted by Crippen LogP contribution is -2.35. The Morgan fingerprint density at radius 1 is 0.889 bits per heavy atom. The number of aliphatic carboxylic acids is 1. The maximum Gasteiger partial charge on any atom is 0.472 e. The van der Waals surface area contributed by atoms with Crippen LogP contribution in [0.15, 0.2) is 12.2 Å². The summed E-state index contributed by atoms with van der Waals surface area (Å²) in [5, 5.41) is 8.70. The third kappa shape index (κ3) is 21.9. The Bertz CT molecular complexity index is 645. The van der Waals surface area contributed by atoms with E-state index in [9.17, 15) is 19.0 Å². The molecule has 0 amide bonds. The number of hydrogen-bond acceptors (Lipinski definition) is 8. The molecule has 3 atom stereocenters. The van der Waals surface area contributed by atoms with Crippen molar-refractivity contribution in [3.8, 4) is 0 Å². The molecule has 11 heteroatoms. The molecule has 0 aliphatic heterocycles. The number of nitrogens with two attached hydrogens (primary N) is 1. The highest BCUT2D eigenvalue weighted by Gasteiger charge is 2.29. The lowest BCUT2D eigenvalue weighted by atomic mass is 10.1. The van der Waals surface area contributed by atoms with Gasteiger partial charge in [0, 0.05) is 13.5 Å². The first-order valence-electron chi connectivity index (χ1n) is 13.2. The van der Waals surface area contributed by atoms with Crippen molar-refractivity contribution in [2.45, 2.75) is 109 Å². The summed E-state index contributed by atoms with van der Waals surface area (Å²) in [7, 11) is -3.25. The first-order chi connectivity index (χ1) is 17.2. The van der Waals surface area contributed by atoms with E-state index in [1.807, 2.05) is 0 Å². The lowest BCUT2D eigenvalue weighted by molar-refractivity contribution is -0.147. The molecular weight excluding hydrogens is 489 g/mol. The van der Waals surface area contributed by atoms with E-state index in [1.54, 1.807) is 0 Å². The van der Waals surface area contributed by atoms with Gasteiger partial charge in [-0.05, 0) is 32.1 Å². The molecule has 0 spiro atoms. The quantitative estimate of drug-likeness (QED) is 0.0618. The van der Waals surface area contributed by atoms with Gasteiger partial charge in [-0.2, -0.15) is 0 Å². The van der Waals surface area contributed by atoms with Crippen LogP contribution in [0.1, 0.15) is 96.8 Å². The molecule has 1 unspecified atom stereocenters. The number of carbonyl (C=O) groups excluding carboxylic acids is 1. The fourth-order valence-corrected chi connectivity index (χ4v) is 4.27. The van der Waals surface area contributed by atoms with Crippen molar-refractivity contribution in [1.29, 1.82) is 0 Å². The molecule has 0 heterocycles. The van der Waals surface area contributed by atoms with Crippen LogP contribution in [0.3, 0.4) is 0 Å². The third-order valence-electron chi connectivity index (χ3n) is 5.44. The lowest BCUT2D eigenvalue weighted by Gasteiger charge is -2.20. The molecule has 0 radical (unpaired) electrons. The van der Waals surface area contributed by atoms with Crippen molar-refractivity contribution in [3.05, 3.63) is 12.2 Å². The zero-order valence-electron chi connectivity index (χ0n) is 22.1. The Kier molecular flexibility index (Phi) is 22.1. The molecular formula is C25H48NO9P. The van der Waals surface area contributed by atoms with E-state index in [-0.39, 0.29) is 19.6 Å². The summed E-state index contributed by atoms with van der Waals surface area (Å²) in [5.74, 6) is -1.81. The molecule has 212 valence electrons. The van der Waals surface area contributed by atoms with Gasteiger partial charge in [0.1, 0.15) is 18.8 Å². The number of ether oxygens (including phenoxy) is 2. The van der Waals surface area contributed by atoms with Gasteiger partial charge >= 0.3 is 19.8 Å². The van der Waals surface area contributed by atoms with Crippen LogP contribution in [-0.4, -0.2) is 61.0 Å². The third-order valence-corrected chi connectivity index (χ3v) is 6.48. The Morgan fingerprint density at radius 2 is 1.44 bits per heavy atom. The summed E-state index contributed by atoms with van der Waals surface area (Å²) in [5.41, 5.74) is 5.23. The number of phosphoric acid groups is 1. The molecule has 4 N–H and O–H groups in total. The molecule has 0 aromatic heterocycles. The summed E-state index contributed by atoms with van der Waals surface area (Å²) in [6, 6.07) is -1.47. The van der Waals surface area contributed by atoms with Crippen molar-refractivity contribution in [3.63, 3.8) is 0 Å². The molecule has 0 fully saturated rings. The van der Waals surface area contributed by atoms with E-state index < -0.39 is 38.5 Å². The predicted octanol–water partition coefficient (Wildman–Crippen LogP) is 5.13. The van der Waals surface area contributed by atoms with Crippen LogP contribution < -0.4 is 5.73 Å². The fraction of sp³-hybridized carbons (Fsp3) is 0.840. The minimum Gasteiger partial charge on any atom is -0.480 e. The summed E-state index contributed by atoms with van der Waals surface area (Å²) in [6.45, 7) is 1.11. The number of phosphoric ester groups is 1. The van der Waals surface area contributed by atoms with Crippen LogP contribution in [0.4, 0.5) is 0 Å². The van der Waals surface area contributed by atoms with Gasteiger partial charge in [-0.15, -0.1) is 0 Å². The van der Waals surface area contributed by atoms with Crippen molar-refractivity contribution < 1.29 is 42.7 Å². The normalized spacial score (nSPS) is 15.0. The standard InChI is InChI=1S/C25H48NO9P/c1-3-4-5-6-7-8-9-10-11-12-13-14-15-16-17-18-24(27)33-20-22(19-32-2)35-36(30,31)34-21-23(26)25(28)29/h10-11,22-23H,3-9,12-21,26H2,1-2H3,(H,28,29)(H,30,31)/b11-10-/t22-,23-/m0/s1. The molecule has 10 nitrogen and oxygen atoms in total. The number of unbranched alkanes of at least 4 members (excludes halogenated alkanes) is 11. The van der Waals surface area contributed by atoms with Crippen molar-refractivity contribution in [2.24, 2.45) is 5.73 Å². The second-order valence-electron chi connectivity index (χ2n) is 8.91. The summed E-state index contributed by atoms with van der Waals surface area (Å²) in [4.78, 5) is 32.4. The number of methoxy groups -OCH3 is 1. The van der Waals surface area contributed by atoms with Gasteiger partial charge in [0.15, 0.2) is 0 Å². The average molecular weight is 538 g/mol. The van der Waals surface area contributed by atoms with Crippen LogP contribution in [-0.2, 0) is 32.7 Å². The molecule has 0 aromatic rings. The SMILES string of the molecule is CCCCCCCC/C=C\CCCCCCCC(=O)OC[C@H](COC)OP(=O)(O)OC[C@H](N)C(=O)O. The minimum absolute atomic E-state index is 0.125. The fourth-order valence-electron chi connectivity index (χ4n) is 3.36. The van der Waals surface area contributed by atoms with Crippen molar-refractivity contribution in [2.75, 3.05) is 26.9 Å². The topological polar surface area (TPSA) is 155 Å². The molecule has 0 aromatic carbocycles. The highest BCUT2D eigenvalue weighted by Crippen LogP contribution is 2.44. The van der Waals surface area contributed by atoms with Gasteiger partial charge in [0.05, 0.1) is 13.2 Å². The maximum absolute atomic E-state index is 12.0. The minimum atomic E-state index is -4.60. The highest BCUT2D eigenvalue weighted by atomic mass is 31.2. The van der Waals surface area contributed by atoms with Crippen LogP contribution in [0.25, 0.3) is 0 Å². The van der Waals surface area contributed by atoms with Gasteiger partial charge in [-0.3, -0.25) is 18.6 Å². The molecule has 0 aliphatic rings. The average Bonchev–Trinajstić information content (AvgIpc) is 2.83. The van der Waals surface area contributed by atoms with Gasteiger partial charge in [0.25, 0.3) is 0 Å². The second kappa shape index (κ2) is 22.9. The predicted molar refractivity (Wildman–Crippen MR) is 139 cm³/mol. The van der Waals surface area contributed by atoms with E-state index in [4.69, 9.17) is 24.8 Å². The first kappa shape index (κ1) is 34.7. The van der Waals surface area contributed by atoms with Gasteiger partial charge < -0.3 is 25.2 Å². The Morgan fingerprint density at radius 3 is 2.00 bits per heavy atom. The smallest absolute Gasteiger partial charge is 0.472 e. The molecule has 0 aliphatic carbocycles. The van der Waals surface area contributed by atoms with Gasteiger partial charge in [-0.1, -0.05) is 70.4 Å². The van der Waals surface area contributed by atoms with Crippen LogP contribution in [0.2, 0.25) is 0 Å². The molecule has 0 saturated heterocycles. The zero-order valence-corrected chi connectivity index (χ0v) is 23.0.